The van der Waals surface area contributed by atoms with Crippen molar-refractivity contribution in [2.75, 3.05) is 21.2 Å². The Kier molecular flexibility index (Phi) is 4.59. The third-order valence-electron chi connectivity index (χ3n) is 4.08. The Hall–Kier alpha value is -2.51. The van der Waals surface area contributed by atoms with E-state index in [0.717, 1.165) is 12.1 Å². The van der Waals surface area contributed by atoms with Gasteiger partial charge in [-0.25, -0.2) is 9.59 Å². The van der Waals surface area contributed by atoms with Crippen LogP contribution in [0.3, 0.4) is 0 Å². The van der Waals surface area contributed by atoms with Crippen LogP contribution in [-0.4, -0.2) is 43.0 Å². The standard InChI is InChI=1S/C16H17F3N2O3/c1-9-12(14(22)24-4)13(21(3)15(23)20(9)2)10-6-5-7-11(8-10)16(17,18)19/h5-8,13H,1-4H3. The van der Waals surface area contributed by atoms with Gasteiger partial charge in [-0.3, -0.25) is 0 Å². The van der Waals surface area contributed by atoms with Crippen molar-refractivity contribution in [3.8, 4) is 0 Å². The fourth-order valence-electron chi connectivity index (χ4n) is 2.71. The molecule has 0 aliphatic carbocycles. The van der Waals surface area contributed by atoms with Crippen molar-refractivity contribution in [3.05, 3.63) is 46.7 Å². The van der Waals surface area contributed by atoms with Gasteiger partial charge in [0.15, 0.2) is 0 Å². The number of alkyl halides is 3. The topological polar surface area (TPSA) is 49.9 Å². The van der Waals surface area contributed by atoms with Crippen LogP contribution in [0.4, 0.5) is 18.0 Å². The number of halogens is 3. The number of carbonyl (C=O) groups is 2. The summed E-state index contributed by atoms with van der Waals surface area (Å²) in [6.45, 7) is 1.55. The highest BCUT2D eigenvalue weighted by Gasteiger charge is 2.40. The lowest BCUT2D eigenvalue weighted by molar-refractivity contribution is -0.137. The highest BCUT2D eigenvalue weighted by molar-refractivity contribution is 5.94. The van der Waals surface area contributed by atoms with Gasteiger partial charge in [0.2, 0.25) is 0 Å². The minimum absolute atomic E-state index is 0.126. The van der Waals surface area contributed by atoms with Crippen LogP contribution < -0.4 is 0 Å². The maximum atomic E-state index is 13.0. The number of ether oxygens (including phenoxy) is 1. The number of carbonyl (C=O) groups excluding carboxylic acids is 2. The first kappa shape index (κ1) is 17.8. The van der Waals surface area contributed by atoms with Gasteiger partial charge < -0.3 is 14.5 Å². The molecule has 1 aliphatic rings. The Morgan fingerprint density at radius 2 is 1.88 bits per heavy atom. The van der Waals surface area contributed by atoms with Crippen LogP contribution in [0.5, 0.6) is 0 Å². The fraction of sp³-hybridized carbons (Fsp3) is 0.375. The molecule has 1 atom stereocenters. The summed E-state index contributed by atoms with van der Waals surface area (Å²) in [5, 5.41) is 0. The molecule has 5 nitrogen and oxygen atoms in total. The van der Waals surface area contributed by atoms with Gasteiger partial charge in [-0.2, -0.15) is 13.2 Å². The molecular formula is C16H17F3N2O3. The predicted octanol–water partition coefficient (Wildman–Crippen LogP) is 3.19. The lowest BCUT2D eigenvalue weighted by Crippen LogP contribution is -2.47. The van der Waals surface area contributed by atoms with Crippen LogP contribution in [0.25, 0.3) is 0 Å². The average molecular weight is 342 g/mol. The number of rotatable bonds is 2. The van der Waals surface area contributed by atoms with Gasteiger partial charge in [0.05, 0.1) is 24.3 Å². The van der Waals surface area contributed by atoms with E-state index in [1.807, 2.05) is 0 Å². The second-order valence-electron chi connectivity index (χ2n) is 5.47. The molecule has 1 aromatic rings. The molecule has 0 saturated heterocycles. The first-order valence-corrected chi connectivity index (χ1v) is 7.06. The summed E-state index contributed by atoms with van der Waals surface area (Å²) >= 11 is 0. The molecule has 2 rings (SSSR count). The summed E-state index contributed by atoms with van der Waals surface area (Å²) in [5.74, 6) is -0.693. The molecule has 0 saturated carbocycles. The molecule has 130 valence electrons. The van der Waals surface area contributed by atoms with Crippen molar-refractivity contribution < 1.29 is 27.5 Å². The highest BCUT2D eigenvalue weighted by Crippen LogP contribution is 2.38. The normalized spacial score (nSPS) is 19.0. The monoisotopic (exact) mass is 342 g/mol. The molecule has 0 aromatic heterocycles. The van der Waals surface area contributed by atoms with Crippen LogP contribution >= 0.6 is 0 Å². The Labute approximate surface area is 137 Å². The third kappa shape index (κ3) is 2.95. The van der Waals surface area contributed by atoms with Crippen molar-refractivity contribution >= 4 is 12.0 Å². The third-order valence-corrected chi connectivity index (χ3v) is 4.08. The number of nitrogens with zero attached hydrogens (tertiary/aromatic N) is 2. The molecule has 0 spiro atoms. The summed E-state index contributed by atoms with van der Waals surface area (Å²) in [6, 6.07) is 3.19. The van der Waals surface area contributed by atoms with Gasteiger partial charge in [-0.1, -0.05) is 12.1 Å². The van der Waals surface area contributed by atoms with Gasteiger partial charge in [-0.05, 0) is 24.6 Å². The first-order chi connectivity index (χ1) is 11.1. The quantitative estimate of drug-likeness (QED) is 0.776. The Balaban J connectivity index is 2.65. The van der Waals surface area contributed by atoms with E-state index in [-0.39, 0.29) is 11.1 Å². The molecule has 0 radical (unpaired) electrons. The average Bonchev–Trinajstić information content (AvgIpc) is 2.54. The summed E-state index contributed by atoms with van der Waals surface area (Å²) in [6.07, 6.45) is -4.52. The predicted molar refractivity (Wildman–Crippen MR) is 79.8 cm³/mol. The van der Waals surface area contributed by atoms with Crippen LogP contribution in [0.1, 0.15) is 24.1 Å². The Morgan fingerprint density at radius 1 is 1.25 bits per heavy atom. The van der Waals surface area contributed by atoms with Crippen molar-refractivity contribution in [2.45, 2.75) is 19.1 Å². The molecule has 0 fully saturated rings. The number of likely N-dealkylation sites (N-methyl/N-ethyl adjacent to an activating group) is 1. The van der Waals surface area contributed by atoms with Crippen LogP contribution in [0.2, 0.25) is 0 Å². The molecule has 0 bridgehead atoms. The Morgan fingerprint density at radius 3 is 2.42 bits per heavy atom. The largest absolute Gasteiger partial charge is 0.466 e. The number of benzene rings is 1. The number of amides is 2. The van der Waals surface area contributed by atoms with E-state index in [9.17, 15) is 22.8 Å². The zero-order valence-corrected chi connectivity index (χ0v) is 13.6. The van der Waals surface area contributed by atoms with Crippen LogP contribution in [0.15, 0.2) is 35.5 Å². The van der Waals surface area contributed by atoms with E-state index in [1.54, 1.807) is 6.92 Å². The second kappa shape index (κ2) is 6.18. The highest BCUT2D eigenvalue weighted by atomic mass is 19.4. The van der Waals surface area contributed by atoms with E-state index >= 15 is 0 Å². The number of allylic oxidation sites excluding steroid dienone is 1. The summed E-state index contributed by atoms with van der Waals surface area (Å²) < 4.78 is 43.7. The maximum absolute atomic E-state index is 13.0. The number of esters is 1. The van der Waals surface area contributed by atoms with E-state index in [0.29, 0.717) is 5.70 Å². The Bertz CT molecular complexity index is 713. The summed E-state index contributed by atoms with van der Waals surface area (Å²) in [7, 11) is 4.10. The lowest BCUT2D eigenvalue weighted by Gasteiger charge is -2.39. The minimum Gasteiger partial charge on any atom is -0.466 e. The zero-order chi connectivity index (χ0) is 18.2. The van der Waals surface area contributed by atoms with E-state index < -0.39 is 29.8 Å². The number of urea groups is 1. The summed E-state index contributed by atoms with van der Waals surface area (Å²) in [4.78, 5) is 27.0. The van der Waals surface area contributed by atoms with Crippen LogP contribution in [0, 0.1) is 0 Å². The van der Waals surface area contributed by atoms with Crippen molar-refractivity contribution in [1.29, 1.82) is 0 Å². The second-order valence-corrected chi connectivity index (χ2v) is 5.47. The van der Waals surface area contributed by atoms with E-state index in [2.05, 4.69) is 0 Å². The number of methoxy groups -OCH3 is 1. The molecule has 2 amide bonds. The molecule has 8 heteroatoms. The molecule has 1 aliphatic heterocycles. The smallest absolute Gasteiger partial charge is 0.416 e. The van der Waals surface area contributed by atoms with Gasteiger partial charge >= 0.3 is 18.2 Å². The molecule has 1 heterocycles. The van der Waals surface area contributed by atoms with Gasteiger partial charge in [0.25, 0.3) is 0 Å². The van der Waals surface area contributed by atoms with Crippen molar-refractivity contribution in [3.63, 3.8) is 0 Å². The van der Waals surface area contributed by atoms with Gasteiger partial charge in [-0.15, -0.1) is 0 Å². The molecule has 24 heavy (non-hydrogen) atoms. The first-order valence-electron chi connectivity index (χ1n) is 7.06. The SMILES string of the molecule is COC(=O)C1=C(C)N(C)C(=O)N(C)C1c1cccc(C(F)(F)F)c1. The molecule has 1 aromatic carbocycles. The molecular weight excluding hydrogens is 325 g/mol. The van der Waals surface area contributed by atoms with E-state index in [4.69, 9.17) is 4.74 Å². The maximum Gasteiger partial charge on any atom is 0.416 e. The van der Waals surface area contributed by atoms with Crippen LogP contribution in [-0.2, 0) is 15.7 Å². The van der Waals surface area contributed by atoms with E-state index in [1.165, 1.54) is 43.1 Å². The van der Waals surface area contributed by atoms with Gasteiger partial charge in [0, 0.05) is 19.8 Å². The minimum atomic E-state index is -4.52. The zero-order valence-electron chi connectivity index (χ0n) is 13.6. The number of hydrogen-bond acceptors (Lipinski definition) is 3. The van der Waals surface area contributed by atoms with Crippen molar-refractivity contribution in [1.82, 2.24) is 9.80 Å². The lowest BCUT2D eigenvalue weighted by atomic mass is 9.92. The fourth-order valence-corrected chi connectivity index (χ4v) is 2.71. The molecule has 1 unspecified atom stereocenters. The van der Waals surface area contributed by atoms with Gasteiger partial charge in [0.1, 0.15) is 0 Å². The number of hydrogen-bond donors (Lipinski definition) is 0. The van der Waals surface area contributed by atoms with Crippen molar-refractivity contribution in [2.24, 2.45) is 0 Å². The summed E-state index contributed by atoms with van der Waals surface area (Å²) in [5.41, 5.74) is -0.191. The molecule has 0 N–H and O–H groups in total.